The van der Waals surface area contributed by atoms with Crippen LogP contribution in [-0.2, 0) is 0 Å². The van der Waals surface area contributed by atoms with Gasteiger partial charge in [0.1, 0.15) is 5.75 Å². The molecule has 1 atom stereocenters. The van der Waals surface area contributed by atoms with Crippen LogP contribution in [0.4, 0.5) is 22.0 Å². The van der Waals surface area contributed by atoms with Crippen molar-refractivity contribution in [3.63, 3.8) is 0 Å². The molecule has 0 amide bonds. The second-order valence-electron chi connectivity index (χ2n) is 5.05. The van der Waals surface area contributed by atoms with Gasteiger partial charge in [-0.1, -0.05) is 25.1 Å². The number of hydrogen-bond donors (Lipinski definition) is 0. The Bertz CT molecular complexity index is 695. The van der Waals surface area contributed by atoms with Gasteiger partial charge in [0.25, 0.3) is 0 Å². The second kappa shape index (κ2) is 7.07. The molecule has 2 nitrogen and oxygen atoms in total. The van der Waals surface area contributed by atoms with Gasteiger partial charge in [-0.3, -0.25) is 0 Å². The summed E-state index contributed by atoms with van der Waals surface area (Å²) in [6.45, 7) is 3.47. The minimum Gasteiger partial charge on any atom is -0.491 e. The Morgan fingerprint density at radius 2 is 1.58 bits per heavy atom. The van der Waals surface area contributed by atoms with E-state index in [0.717, 1.165) is 12.1 Å². The maximum Gasteiger partial charge on any atom is 0.573 e. The monoisotopic (exact) mass is 346 g/mol. The maximum atomic E-state index is 14.2. The van der Waals surface area contributed by atoms with E-state index in [1.807, 2.05) is 0 Å². The first-order chi connectivity index (χ1) is 11.2. The SMILES string of the molecule is CCOc1ccc(C(C)c2ccc(OC(F)(F)F)cc2)c(F)c1F. The van der Waals surface area contributed by atoms with Gasteiger partial charge in [-0.2, -0.15) is 4.39 Å². The number of halogens is 5. The highest BCUT2D eigenvalue weighted by Gasteiger charge is 2.31. The predicted octanol–water partition coefficient (Wildman–Crippen LogP) is 5.41. The molecule has 0 spiro atoms. The van der Waals surface area contributed by atoms with Crippen LogP contribution in [0.3, 0.4) is 0 Å². The highest BCUT2D eigenvalue weighted by atomic mass is 19.4. The van der Waals surface area contributed by atoms with Crippen LogP contribution in [0.5, 0.6) is 11.5 Å². The molecule has 0 N–H and O–H groups in total. The zero-order valence-electron chi connectivity index (χ0n) is 13.0. The first-order valence-corrected chi connectivity index (χ1v) is 7.19. The summed E-state index contributed by atoms with van der Waals surface area (Å²) >= 11 is 0. The van der Waals surface area contributed by atoms with Crippen molar-refractivity contribution < 1.29 is 31.4 Å². The van der Waals surface area contributed by atoms with Gasteiger partial charge in [0, 0.05) is 5.92 Å². The first-order valence-electron chi connectivity index (χ1n) is 7.19. The molecule has 0 fully saturated rings. The topological polar surface area (TPSA) is 18.5 Å². The first kappa shape index (κ1) is 18.0. The molecule has 0 saturated carbocycles. The number of benzene rings is 2. The molecule has 0 aliphatic heterocycles. The minimum absolute atomic E-state index is 0.0837. The summed E-state index contributed by atoms with van der Waals surface area (Å²) in [5.74, 6) is -3.24. The Labute approximate surface area is 135 Å². The van der Waals surface area contributed by atoms with E-state index in [1.165, 1.54) is 24.3 Å². The fourth-order valence-corrected chi connectivity index (χ4v) is 2.29. The van der Waals surface area contributed by atoms with Crippen molar-refractivity contribution in [1.29, 1.82) is 0 Å². The van der Waals surface area contributed by atoms with Gasteiger partial charge in [-0.25, -0.2) is 4.39 Å². The molecular weight excluding hydrogens is 331 g/mol. The number of ether oxygens (including phenoxy) is 2. The van der Waals surface area contributed by atoms with Gasteiger partial charge in [-0.05, 0) is 36.2 Å². The molecule has 2 aromatic rings. The lowest BCUT2D eigenvalue weighted by atomic mass is 9.92. The molecule has 1 unspecified atom stereocenters. The average Bonchev–Trinajstić information content (AvgIpc) is 2.51. The molecule has 0 aromatic heterocycles. The van der Waals surface area contributed by atoms with Crippen molar-refractivity contribution in [2.45, 2.75) is 26.1 Å². The smallest absolute Gasteiger partial charge is 0.491 e. The van der Waals surface area contributed by atoms with Gasteiger partial charge < -0.3 is 9.47 Å². The van der Waals surface area contributed by atoms with E-state index in [0.29, 0.717) is 5.56 Å². The van der Waals surface area contributed by atoms with Crippen LogP contribution in [0.15, 0.2) is 36.4 Å². The van der Waals surface area contributed by atoms with Crippen LogP contribution in [0, 0.1) is 11.6 Å². The van der Waals surface area contributed by atoms with E-state index < -0.39 is 23.9 Å². The number of hydrogen-bond acceptors (Lipinski definition) is 2. The van der Waals surface area contributed by atoms with Crippen molar-refractivity contribution >= 4 is 0 Å². The van der Waals surface area contributed by atoms with Crippen LogP contribution >= 0.6 is 0 Å². The van der Waals surface area contributed by atoms with Crippen LogP contribution in [0.25, 0.3) is 0 Å². The quantitative estimate of drug-likeness (QED) is 0.674. The molecule has 2 rings (SSSR count). The zero-order valence-corrected chi connectivity index (χ0v) is 13.0. The van der Waals surface area contributed by atoms with Gasteiger partial charge in [-0.15, -0.1) is 13.2 Å². The van der Waals surface area contributed by atoms with Crippen molar-refractivity contribution in [2.24, 2.45) is 0 Å². The maximum absolute atomic E-state index is 14.2. The molecule has 24 heavy (non-hydrogen) atoms. The Kier molecular flexibility index (Phi) is 5.31. The van der Waals surface area contributed by atoms with E-state index in [4.69, 9.17) is 4.74 Å². The summed E-state index contributed by atoms with van der Waals surface area (Å²) in [5, 5.41) is 0. The fraction of sp³-hybridized carbons (Fsp3) is 0.294. The lowest BCUT2D eigenvalue weighted by Crippen LogP contribution is -2.17. The lowest BCUT2D eigenvalue weighted by molar-refractivity contribution is -0.274. The third-order valence-corrected chi connectivity index (χ3v) is 3.46. The predicted molar refractivity (Wildman–Crippen MR) is 78.2 cm³/mol. The molecule has 0 saturated heterocycles. The van der Waals surface area contributed by atoms with Crippen LogP contribution in [0.2, 0.25) is 0 Å². The largest absolute Gasteiger partial charge is 0.573 e. The summed E-state index contributed by atoms with van der Waals surface area (Å²) in [6, 6.07) is 7.73. The molecule has 0 bridgehead atoms. The third kappa shape index (κ3) is 4.15. The molecule has 0 aliphatic rings. The standard InChI is InChI=1S/C17H15F5O2/c1-3-23-14-9-8-13(15(18)16(14)19)10(2)11-4-6-12(7-5-11)24-17(20,21)22/h4-10H,3H2,1-2H3. The molecule has 7 heteroatoms. The summed E-state index contributed by atoms with van der Waals surface area (Å²) in [4.78, 5) is 0. The fourth-order valence-electron chi connectivity index (χ4n) is 2.29. The Hall–Kier alpha value is -2.31. The third-order valence-electron chi connectivity index (χ3n) is 3.46. The molecule has 0 radical (unpaired) electrons. The van der Waals surface area contributed by atoms with E-state index in [-0.39, 0.29) is 23.7 Å². The Balaban J connectivity index is 2.25. The van der Waals surface area contributed by atoms with Gasteiger partial charge in [0.05, 0.1) is 6.61 Å². The Morgan fingerprint density at radius 1 is 0.958 bits per heavy atom. The van der Waals surface area contributed by atoms with Crippen LogP contribution < -0.4 is 9.47 Å². The average molecular weight is 346 g/mol. The van der Waals surface area contributed by atoms with Crippen molar-refractivity contribution in [3.8, 4) is 11.5 Å². The number of rotatable bonds is 5. The van der Waals surface area contributed by atoms with Crippen molar-refractivity contribution in [2.75, 3.05) is 6.61 Å². The minimum atomic E-state index is -4.78. The van der Waals surface area contributed by atoms with E-state index in [2.05, 4.69) is 4.74 Å². The van der Waals surface area contributed by atoms with Crippen LogP contribution in [0.1, 0.15) is 30.9 Å². The molecule has 130 valence electrons. The van der Waals surface area contributed by atoms with Crippen LogP contribution in [-0.4, -0.2) is 13.0 Å². The summed E-state index contributed by atoms with van der Waals surface area (Å²) < 4.78 is 73.3. The van der Waals surface area contributed by atoms with Gasteiger partial charge >= 0.3 is 6.36 Å². The second-order valence-corrected chi connectivity index (χ2v) is 5.05. The highest BCUT2D eigenvalue weighted by Crippen LogP contribution is 2.32. The zero-order chi connectivity index (χ0) is 17.9. The van der Waals surface area contributed by atoms with E-state index >= 15 is 0 Å². The van der Waals surface area contributed by atoms with E-state index in [9.17, 15) is 22.0 Å². The molecule has 0 heterocycles. The van der Waals surface area contributed by atoms with Gasteiger partial charge in [0.15, 0.2) is 11.6 Å². The lowest BCUT2D eigenvalue weighted by Gasteiger charge is -2.16. The number of alkyl halides is 3. The summed E-state index contributed by atoms with van der Waals surface area (Å²) in [6.07, 6.45) is -4.78. The van der Waals surface area contributed by atoms with Gasteiger partial charge in [0.2, 0.25) is 5.82 Å². The molecule has 2 aromatic carbocycles. The summed E-state index contributed by atoms with van der Waals surface area (Å²) in [5.41, 5.74) is 0.604. The van der Waals surface area contributed by atoms with E-state index in [1.54, 1.807) is 13.8 Å². The van der Waals surface area contributed by atoms with Crippen molar-refractivity contribution in [3.05, 3.63) is 59.2 Å². The molecular formula is C17H15F5O2. The normalized spacial score (nSPS) is 12.8. The summed E-state index contributed by atoms with van der Waals surface area (Å²) in [7, 11) is 0. The molecule has 0 aliphatic carbocycles. The Morgan fingerprint density at radius 3 is 2.12 bits per heavy atom. The van der Waals surface area contributed by atoms with Crippen molar-refractivity contribution in [1.82, 2.24) is 0 Å². The highest BCUT2D eigenvalue weighted by molar-refractivity contribution is 5.39.